The maximum Gasteiger partial charge on any atom is 0.165 e. The molecular formula is C37H28N4OS. The lowest BCUT2D eigenvalue weighted by atomic mass is 9.83. The molecule has 208 valence electrons. The maximum atomic E-state index is 10.7. The zero-order valence-corrected chi connectivity index (χ0v) is 24.9. The lowest BCUT2D eigenvalue weighted by Gasteiger charge is -2.22. The van der Waals surface area contributed by atoms with Crippen LogP contribution in [0.3, 0.4) is 0 Å². The predicted octanol–water partition coefficient (Wildman–Crippen LogP) is 9.65. The molecule has 0 fully saturated rings. The van der Waals surface area contributed by atoms with Crippen LogP contribution in [-0.4, -0.2) is 24.5 Å². The molecule has 0 bridgehead atoms. The predicted molar refractivity (Wildman–Crippen MR) is 178 cm³/mol. The Morgan fingerprint density at radius 3 is 2.21 bits per heavy atom. The lowest BCUT2D eigenvalue weighted by molar-refractivity contribution is 0.477. The van der Waals surface area contributed by atoms with Crippen LogP contribution in [0.4, 0.5) is 0 Å². The summed E-state index contributed by atoms with van der Waals surface area (Å²) in [6.07, 6.45) is 1.82. The van der Waals surface area contributed by atoms with E-state index in [1.807, 2.05) is 48.7 Å². The van der Waals surface area contributed by atoms with Crippen molar-refractivity contribution < 1.29 is 5.11 Å². The summed E-state index contributed by atoms with van der Waals surface area (Å²) in [5.74, 6) is 0.268. The van der Waals surface area contributed by atoms with E-state index >= 15 is 0 Å². The molecule has 0 saturated heterocycles. The third-order valence-electron chi connectivity index (χ3n) is 8.12. The minimum absolute atomic E-state index is 0.0925. The molecule has 0 aliphatic heterocycles. The van der Waals surface area contributed by atoms with Crippen LogP contribution in [0, 0.1) is 0 Å². The smallest absolute Gasteiger partial charge is 0.165 e. The van der Waals surface area contributed by atoms with Crippen LogP contribution in [0.5, 0.6) is 5.75 Å². The number of benzene rings is 4. The third kappa shape index (κ3) is 4.09. The lowest BCUT2D eigenvalue weighted by Crippen LogP contribution is -2.11. The van der Waals surface area contributed by atoms with Crippen LogP contribution >= 0.6 is 11.3 Å². The number of nitrogens with zero attached hydrogens (tertiary/aromatic N) is 4. The van der Waals surface area contributed by atoms with Gasteiger partial charge in [-0.05, 0) is 52.4 Å². The number of para-hydroxylation sites is 2. The van der Waals surface area contributed by atoms with E-state index in [9.17, 15) is 5.11 Å². The van der Waals surface area contributed by atoms with E-state index < -0.39 is 0 Å². The van der Waals surface area contributed by atoms with Crippen LogP contribution in [0.25, 0.3) is 70.8 Å². The van der Waals surface area contributed by atoms with Crippen LogP contribution < -0.4 is 0 Å². The molecule has 6 heteroatoms. The molecule has 8 rings (SSSR count). The van der Waals surface area contributed by atoms with Crippen LogP contribution in [0.2, 0.25) is 0 Å². The first kappa shape index (κ1) is 25.6. The van der Waals surface area contributed by atoms with E-state index in [0.717, 1.165) is 70.8 Å². The molecule has 4 aromatic carbocycles. The monoisotopic (exact) mass is 576 g/mol. The highest BCUT2D eigenvalue weighted by molar-refractivity contribution is 7.21. The Bertz CT molecular complexity index is 2350. The van der Waals surface area contributed by atoms with Crippen molar-refractivity contribution >= 4 is 49.3 Å². The number of aromatic nitrogens is 4. The summed E-state index contributed by atoms with van der Waals surface area (Å²) in [4.78, 5) is 16.3. The summed E-state index contributed by atoms with van der Waals surface area (Å²) in [5, 5.41) is 12.7. The Labute approximate surface area is 252 Å². The van der Waals surface area contributed by atoms with Gasteiger partial charge in [0.15, 0.2) is 5.65 Å². The van der Waals surface area contributed by atoms with E-state index in [4.69, 9.17) is 15.0 Å². The molecule has 0 aliphatic rings. The van der Waals surface area contributed by atoms with E-state index in [1.54, 1.807) is 17.4 Å². The van der Waals surface area contributed by atoms with Gasteiger partial charge in [-0.25, -0.2) is 9.97 Å². The van der Waals surface area contributed by atoms with Crippen LogP contribution in [0.1, 0.15) is 26.3 Å². The fraction of sp³-hybridized carbons (Fsp3) is 0.108. The van der Waals surface area contributed by atoms with Gasteiger partial charge in [0.1, 0.15) is 26.6 Å². The molecular weight excluding hydrogens is 549 g/mol. The summed E-state index contributed by atoms with van der Waals surface area (Å²) in [6, 6.07) is 34.9. The SMILES string of the molecule is CC(C)(C)c1cc(-c2ccccc2O)cc(-c2cccc3c2nc2c4ncccc4c4nc(-c5ccccc5)sc4n32)c1. The van der Waals surface area contributed by atoms with Gasteiger partial charge in [-0.3, -0.25) is 9.38 Å². The van der Waals surface area contributed by atoms with Gasteiger partial charge < -0.3 is 5.11 Å². The van der Waals surface area contributed by atoms with Crippen molar-refractivity contribution in [2.75, 3.05) is 0 Å². The number of hydrogen-bond acceptors (Lipinski definition) is 5. The van der Waals surface area contributed by atoms with Crippen molar-refractivity contribution in [3.63, 3.8) is 0 Å². The quantitative estimate of drug-likeness (QED) is 0.227. The zero-order valence-electron chi connectivity index (χ0n) is 24.0. The minimum Gasteiger partial charge on any atom is -0.507 e. The number of pyridine rings is 2. The highest BCUT2D eigenvalue weighted by Gasteiger charge is 2.22. The van der Waals surface area contributed by atoms with Crippen LogP contribution in [-0.2, 0) is 5.41 Å². The number of phenols is 1. The maximum absolute atomic E-state index is 10.7. The van der Waals surface area contributed by atoms with Gasteiger partial charge in [-0.2, -0.15) is 0 Å². The molecule has 0 unspecified atom stereocenters. The number of fused-ring (bicyclic) bond motifs is 8. The van der Waals surface area contributed by atoms with Gasteiger partial charge in [-0.15, -0.1) is 0 Å². The van der Waals surface area contributed by atoms with Gasteiger partial charge in [0.2, 0.25) is 0 Å². The van der Waals surface area contributed by atoms with Crippen molar-refractivity contribution in [2.45, 2.75) is 26.2 Å². The van der Waals surface area contributed by atoms with Crippen molar-refractivity contribution in [2.24, 2.45) is 0 Å². The van der Waals surface area contributed by atoms with Crippen molar-refractivity contribution in [3.05, 3.63) is 115 Å². The first-order valence-electron chi connectivity index (χ1n) is 14.3. The Hall–Kier alpha value is -5.07. The second-order valence-corrected chi connectivity index (χ2v) is 12.9. The number of rotatable bonds is 3. The van der Waals surface area contributed by atoms with Gasteiger partial charge in [-0.1, -0.05) is 105 Å². The average Bonchev–Trinajstić information content (AvgIpc) is 3.64. The molecule has 8 aromatic rings. The van der Waals surface area contributed by atoms with E-state index in [2.05, 4.69) is 79.8 Å². The number of imidazole rings is 1. The molecule has 4 heterocycles. The largest absolute Gasteiger partial charge is 0.507 e. The zero-order chi connectivity index (χ0) is 29.3. The Morgan fingerprint density at radius 1 is 0.674 bits per heavy atom. The minimum atomic E-state index is -0.0925. The average molecular weight is 577 g/mol. The fourth-order valence-corrected chi connectivity index (χ4v) is 7.01. The molecule has 0 radical (unpaired) electrons. The number of aromatic hydroxyl groups is 1. The summed E-state index contributed by atoms with van der Waals surface area (Å²) in [5.41, 5.74) is 10.6. The molecule has 43 heavy (non-hydrogen) atoms. The Kier molecular flexibility index (Phi) is 5.65. The molecule has 0 amide bonds. The topological polar surface area (TPSA) is 63.3 Å². The van der Waals surface area contributed by atoms with E-state index in [-0.39, 0.29) is 11.2 Å². The van der Waals surface area contributed by atoms with Crippen molar-refractivity contribution in [1.82, 2.24) is 19.4 Å². The number of hydrogen-bond donors (Lipinski definition) is 1. The van der Waals surface area contributed by atoms with Gasteiger partial charge in [0.05, 0.1) is 11.0 Å². The van der Waals surface area contributed by atoms with E-state index in [1.165, 1.54) is 5.56 Å². The highest BCUT2D eigenvalue weighted by Crippen LogP contribution is 2.41. The number of thiazole rings is 1. The molecule has 0 aliphatic carbocycles. The summed E-state index contributed by atoms with van der Waals surface area (Å²) < 4.78 is 2.23. The van der Waals surface area contributed by atoms with Gasteiger partial charge >= 0.3 is 0 Å². The molecule has 1 N–H and O–H groups in total. The van der Waals surface area contributed by atoms with Crippen molar-refractivity contribution in [3.8, 4) is 38.6 Å². The second kappa shape index (κ2) is 9.48. The first-order chi connectivity index (χ1) is 20.9. The first-order valence-corrected chi connectivity index (χ1v) is 15.2. The summed E-state index contributed by atoms with van der Waals surface area (Å²) >= 11 is 1.68. The van der Waals surface area contributed by atoms with E-state index in [0.29, 0.717) is 0 Å². The van der Waals surface area contributed by atoms with Gasteiger partial charge in [0, 0.05) is 28.3 Å². The Morgan fingerprint density at radius 2 is 1.42 bits per heavy atom. The summed E-state index contributed by atoms with van der Waals surface area (Å²) in [6.45, 7) is 6.65. The molecule has 0 saturated carbocycles. The molecule has 0 atom stereocenters. The standard InChI is InChI=1S/C37H28N4OS/c1-37(2,3)25-20-23(26-13-7-8-17-30(26)42)19-24(21-25)27-14-9-16-29-31(27)39-34-32-28(15-10-18-38-32)33-36(41(29)34)43-35(40-33)22-11-5-4-6-12-22/h4-21,42H,1-3H3. The third-order valence-corrected chi connectivity index (χ3v) is 9.21. The molecule has 5 nitrogen and oxygen atoms in total. The van der Waals surface area contributed by atoms with Crippen molar-refractivity contribution in [1.29, 1.82) is 0 Å². The normalized spacial score (nSPS) is 12.2. The molecule has 4 aromatic heterocycles. The number of phenolic OH excluding ortho intramolecular Hbond substituents is 1. The molecule has 0 spiro atoms. The summed E-state index contributed by atoms with van der Waals surface area (Å²) in [7, 11) is 0. The second-order valence-electron chi connectivity index (χ2n) is 11.9. The highest BCUT2D eigenvalue weighted by atomic mass is 32.1. The fourth-order valence-electron chi connectivity index (χ4n) is 5.90. The van der Waals surface area contributed by atoms with Gasteiger partial charge in [0.25, 0.3) is 0 Å². The Balaban J connectivity index is 1.45. The van der Waals surface area contributed by atoms with Crippen LogP contribution in [0.15, 0.2) is 109 Å².